The van der Waals surface area contributed by atoms with E-state index in [1.807, 2.05) is 15.4 Å². The Hall–Kier alpha value is -3.02. The highest BCUT2D eigenvalue weighted by molar-refractivity contribution is 5.81. The summed E-state index contributed by atoms with van der Waals surface area (Å²) in [6.07, 6.45) is 8.67. The largest absolute Gasteiger partial charge is 0.290 e. The van der Waals surface area contributed by atoms with Crippen LogP contribution in [-0.4, -0.2) is 29.3 Å². The summed E-state index contributed by atoms with van der Waals surface area (Å²) in [4.78, 5) is 12.8. The summed E-state index contributed by atoms with van der Waals surface area (Å²) in [6.45, 7) is 2.77. The summed E-state index contributed by atoms with van der Waals surface area (Å²) in [5, 5.41) is 5.37. The predicted octanol–water partition coefficient (Wildman–Crippen LogP) is 2.37. The third-order valence-corrected chi connectivity index (χ3v) is 3.61. The molecular formula is C16H14N6. The summed E-state index contributed by atoms with van der Waals surface area (Å²) in [5.41, 5.74) is 3.26. The molecule has 0 N–H and O–H groups in total. The van der Waals surface area contributed by atoms with Gasteiger partial charge in [-0.1, -0.05) is 29.8 Å². The summed E-state index contributed by atoms with van der Waals surface area (Å²) in [5.74, 6) is 0.789. The third-order valence-electron chi connectivity index (χ3n) is 3.61. The van der Waals surface area contributed by atoms with Crippen LogP contribution in [-0.2, 0) is 6.54 Å². The van der Waals surface area contributed by atoms with Crippen LogP contribution in [0.5, 0.6) is 0 Å². The van der Waals surface area contributed by atoms with Crippen LogP contribution in [0.4, 0.5) is 0 Å². The van der Waals surface area contributed by atoms with Crippen LogP contribution in [0.25, 0.3) is 16.9 Å². The van der Waals surface area contributed by atoms with Crippen molar-refractivity contribution in [2.45, 2.75) is 13.5 Å². The molecule has 4 aromatic rings. The SMILES string of the molecule is Cc1ccc(Cn2ncc3c(-n4ccnc4)ncnc32)cc1. The highest BCUT2D eigenvalue weighted by Crippen LogP contribution is 2.18. The van der Waals surface area contributed by atoms with Gasteiger partial charge in [0, 0.05) is 12.4 Å². The number of rotatable bonds is 3. The van der Waals surface area contributed by atoms with Crippen LogP contribution < -0.4 is 0 Å². The molecule has 6 heteroatoms. The smallest absolute Gasteiger partial charge is 0.163 e. The molecular weight excluding hydrogens is 276 g/mol. The lowest BCUT2D eigenvalue weighted by molar-refractivity contribution is 0.703. The maximum absolute atomic E-state index is 4.46. The van der Waals surface area contributed by atoms with Crippen molar-refractivity contribution in [3.8, 4) is 5.82 Å². The van der Waals surface area contributed by atoms with Crippen LogP contribution in [0.3, 0.4) is 0 Å². The molecule has 0 bridgehead atoms. The number of benzene rings is 1. The van der Waals surface area contributed by atoms with Gasteiger partial charge in [-0.15, -0.1) is 0 Å². The first-order valence-corrected chi connectivity index (χ1v) is 7.01. The Morgan fingerprint density at radius 1 is 1.09 bits per heavy atom. The van der Waals surface area contributed by atoms with Gasteiger partial charge in [-0.2, -0.15) is 5.10 Å². The number of hydrogen-bond acceptors (Lipinski definition) is 4. The molecule has 22 heavy (non-hydrogen) atoms. The molecule has 0 atom stereocenters. The van der Waals surface area contributed by atoms with E-state index >= 15 is 0 Å². The van der Waals surface area contributed by atoms with Crippen molar-refractivity contribution in [3.63, 3.8) is 0 Å². The second-order valence-corrected chi connectivity index (χ2v) is 5.19. The maximum Gasteiger partial charge on any atom is 0.163 e. The van der Waals surface area contributed by atoms with Gasteiger partial charge in [-0.25, -0.2) is 19.6 Å². The lowest BCUT2D eigenvalue weighted by Gasteiger charge is -2.05. The number of fused-ring (bicyclic) bond motifs is 1. The molecule has 0 saturated carbocycles. The summed E-state index contributed by atoms with van der Waals surface area (Å²) < 4.78 is 3.75. The highest BCUT2D eigenvalue weighted by Gasteiger charge is 2.11. The van der Waals surface area contributed by atoms with Gasteiger partial charge >= 0.3 is 0 Å². The van der Waals surface area contributed by atoms with E-state index in [-0.39, 0.29) is 0 Å². The Kier molecular flexibility index (Phi) is 2.93. The van der Waals surface area contributed by atoms with Gasteiger partial charge in [-0.3, -0.25) is 4.57 Å². The van der Waals surface area contributed by atoms with Gasteiger partial charge < -0.3 is 0 Å². The van der Waals surface area contributed by atoms with Crippen molar-refractivity contribution in [1.82, 2.24) is 29.3 Å². The molecule has 0 aliphatic rings. The number of aryl methyl sites for hydroxylation is 1. The van der Waals surface area contributed by atoms with Gasteiger partial charge in [0.15, 0.2) is 11.5 Å². The maximum atomic E-state index is 4.46. The average Bonchev–Trinajstić information content (AvgIpc) is 3.20. The number of imidazole rings is 1. The van der Waals surface area contributed by atoms with Crippen LogP contribution in [0, 0.1) is 6.92 Å². The van der Waals surface area contributed by atoms with Crippen LogP contribution in [0.2, 0.25) is 0 Å². The molecule has 0 saturated heterocycles. The number of hydrogen-bond donors (Lipinski definition) is 0. The van der Waals surface area contributed by atoms with Gasteiger partial charge in [-0.05, 0) is 12.5 Å². The van der Waals surface area contributed by atoms with E-state index in [1.54, 1.807) is 25.0 Å². The molecule has 0 amide bonds. The molecule has 1 aromatic carbocycles. The van der Waals surface area contributed by atoms with Crippen molar-refractivity contribution in [2.75, 3.05) is 0 Å². The zero-order valence-electron chi connectivity index (χ0n) is 12.1. The second-order valence-electron chi connectivity index (χ2n) is 5.19. The van der Waals surface area contributed by atoms with E-state index < -0.39 is 0 Å². The highest BCUT2D eigenvalue weighted by atomic mass is 15.3. The fourth-order valence-electron chi connectivity index (χ4n) is 2.45. The minimum absolute atomic E-state index is 0.685. The van der Waals surface area contributed by atoms with E-state index in [0.717, 1.165) is 16.9 Å². The van der Waals surface area contributed by atoms with E-state index in [2.05, 4.69) is 51.2 Å². The zero-order valence-corrected chi connectivity index (χ0v) is 12.1. The fourth-order valence-corrected chi connectivity index (χ4v) is 2.45. The third kappa shape index (κ3) is 2.14. The van der Waals surface area contributed by atoms with E-state index in [9.17, 15) is 0 Å². The Morgan fingerprint density at radius 3 is 2.73 bits per heavy atom. The Morgan fingerprint density at radius 2 is 1.95 bits per heavy atom. The summed E-state index contributed by atoms with van der Waals surface area (Å²) in [7, 11) is 0. The normalized spacial score (nSPS) is 11.1. The average molecular weight is 290 g/mol. The molecule has 6 nitrogen and oxygen atoms in total. The predicted molar refractivity (Wildman–Crippen MR) is 82.7 cm³/mol. The fraction of sp³-hybridized carbons (Fsp3) is 0.125. The topological polar surface area (TPSA) is 61.4 Å². The first-order chi connectivity index (χ1) is 10.8. The van der Waals surface area contributed by atoms with Crippen molar-refractivity contribution in [1.29, 1.82) is 0 Å². The summed E-state index contributed by atoms with van der Waals surface area (Å²) >= 11 is 0. The molecule has 0 fully saturated rings. The minimum Gasteiger partial charge on any atom is -0.290 e. The number of nitrogens with zero attached hydrogens (tertiary/aromatic N) is 6. The van der Waals surface area contributed by atoms with E-state index in [1.165, 1.54) is 11.1 Å². The Balaban J connectivity index is 1.77. The van der Waals surface area contributed by atoms with Crippen LogP contribution in [0.1, 0.15) is 11.1 Å². The lowest BCUT2D eigenvalue weighted by Crippen LogP contribution is -2.03. The lowest BCUT2D eigenvalue weighted by atomic mass is 10.1. The first kappa shape index (κ1) is 12.7. The Labute approximate surface area is 127 Å². The van der Waals surface area contributed by atoms with Crippen LogP contribution in [0.15, 0.2) is 55.5 Å². The van der Waals surface area contributed by atoms with Crippen molar-refractivity contribution in [2.24, 2.45) is 0 Å². The van der Waals surface area contributed by atoms with Crippen molar-refractivity contribution in [3.05, 3.63) is 66.6 Å². The molecule has 3 heterocycles. The monoisotopic (exact) mass is 290 g/mol. The number of aromatic nitrogens is 6. The first-order valence-electron chi connectivity index (χ1n) is 7.01. The summed E-state index contributed by atoms with van der Waals surface area (Å²) in [6, 6.07) is 8.43. The molecule has 0 aliphatic heterocycles. The van der Waals surface area contributed by atoms with Crippen molar-refractivity contribution < 1.29 is 0 Å². The second kappa shape index (κ2) is 5.07. The molecule has 0 unspecified atom stereocenters. The van der Waals surface area contributed by atoms with Gasteiger partial charge in [0.1, 0.15) is 12.7 Å². The van der Waals surface area contributed by atoms with Crippen LogP contribution >= 0.6 is 0 Å². The van der Waals surface area contributed by atoms with Gasteiger partial charge in [0.2, 0.25) is 0 Å². The van der Waals surface area contributed by atoms with Crippen molar-refractivity contribution >= 4 is 11.0 Å². The van der Waals surface area contributed by atoms with E-state index in [4.69, 9.17) is 0 Å². The molecule has 108 valence electrons. The zero-order chi connectivity index (χ0) is 14.9. The van der Waals surface area contributed by atoms with Gasteiger partial charge in [0.25, 0.3) is 0 Å². The molecule has 0 radical (unpaired) electrons. The quantitative estimate of drug-likeness (QED) is 0.581. The molecule has 4 rings (SSSR count). The van der Waals surface area contributed by atoms with Gasteiger partial charge in [0.05, 0.1) is 18.1 Å². The molecule has 3 aromatic heterocycles. The van der Waals surface area contributed by atoms with E-state index in [0.29, 0.717) is 6.54 Å². The Bertz CT molecular complexity index is 906. The minimum atomic E-state index is 0.685. The standard InChI is InChI=1S/C16H14N6/c1-12-2-4-13(5-3-12)9-22-16-14(8-20-22)15(18-10-19-16)21-7-6-17-11-21/h2-8,10-11H,9H2,1H3. The molecule has 0 spiro atoms. The molecule has 0 aliphatic carbocycles.